The SMILES string of the molecule is CCC(CC)C(C)Nc1ccc(C)c(N)c1. The summed E-state index contributed by atoms with van der Waals surface area (Å²) < 4.78 is 0. The zero-order valence-electron chi connectivity index (χ0n) is 10.9. The molecule has 0 aliphatic heterocycles. The summed E-state index contributed by atoms with van der Waals surface area (Å²) in [5.74, 6) is 0.725. The number of nitrogens with two attached hydrogens (primary N) is 1. The van der Waals surface area contributed by atoms with Crippen LogP contribution in [0.2, 0.25) is 0 Å². The largest absolute Gasteiger partial charge is 0.398 e. The summed E-state index contributed by atoms with van der Waals surface area (Å²) in [7, 11) is 0. The predicted molar refractivity (Wildman–Crippen MR) is 72.7 cm³/mol. The van der Waals surface area contributed by atoms with Crippen molar-refractivity contribution in [2.75, 3.05) is 11.1 Å². The third-order valence-electron chi connectivity index (χ3n) is 3.43. The summed E-state index contributed by atoms with van der Waals surface area (Å²) in [6, 6.07) is 6.69. The fourth-order valence-electron chi connectivity index (χ4n) is 2.11. The quantitative estimate of drug-likeness (QED) is 0.740. The minimum absolute atomic E-state index is 0.497. The van der Waals surface area contributed by atoms with E-state index in [1.165, 1.54) is 12.8 Å². The number of benzene rings is 1. The number of rotatable bonds is 5. The second-order valence-corrected chi connectivity index (χ2v) is 4.58. The zero-order chi connectivity index (χ0) is 12.1. The van der Waals surface area contributed by atoms with E-state index in [0.717, 1.165) is 22.9 Å². The molecule has 2 heteroatoms. The van der Waals surface area contributed by atoms with Gasteiger partial charge in [-0.15, -0.1) is 0 Å². The molecule has 0 amide bonds. The van der Waals surface area contributed by atoms with Gasteiger partial charge in [-0.25, -0.2) is 0 Å². The first kappa shape index (κ1) is 12.9. The Hall–Kier alpha value is -1.18. The van der Waals surface area contributed by atoms with Crippen LogP contribution in [0.3, 0.4) is 0 Å². The number of aryl methyl sites for hydroxylation is 1. The van der Waals surface area contributed by atoms with E-state index in [2.05, 4.69) is 38.2 Å². The molecule has 1 aromatic carbocycles. The molecule has 2 nitrogen and oxygen atoms in total. The highest BCUT2D eigenvalue weighted by atomic mass is 14.9. The summed E-state index contributed by atoms with van der Waals surface area (Å²) in [4.78, 5) is 0. The summed E-state index contributed by atoms with van der Waals surface area (Å²) in [6.45, 7) is 8.77. The monoisotopic (exact) mass is 220 g/mol. The minimum atomic E-state index is 0.497. The van der Waals surface area contributed by atoms with Gasteiger partial charge < -0.3 is 11.1 Å². The molecule has 16 heavy (non-hydrogen) atoms. The highest BCUT2D eigenvalue weighted by molar-refractivity contribution is 5.58. The van der Waals surface area contributed by atoms with Crippen LogP contribution in [0.4, 0.5) is 11.4 Å². The lowest BCUT2D eigenvalue weighted by Gasteiger charge is -2.23. The zero-order valence-corrected chi connectivity index (χ0v) is 10.9. The molecular formula is C14H24N2. The van der Waals surface area contributed by atoms with Crippen molar-refractivity contribution in [2.45, 2.75) is 46.6 Å². The highest BCUT2D eigenvalue weighted by Crippen LogP contribution is 2.21. The van der Waals surface area contributed by atoms with Crippen molar-refractivity contribution < 1.29 is 0 Å². The second-order valence-electron chi connectivity index (χ2n) is 4.58. The minimum Gasteiger partial charge on any atom is -0.398 e. The molecule has 0 aliphatic carbocycles. The van der Waals surface area contributed by atoms with Gasteiger partial charge in [-0.2, -0.15) is 0 Å². The fourth-order valence-corrected chi connectivity index (χ4v) is 2.11. The lowest BCUT2D eigenvalue weighted by molar-refractivity contribution is 0.438. The normalized spacial score (nSPS) is 12.8. The first-order chi connectivity index (χ1) is 7.58. The Kier molecular flexibility index (Phi) is 4.66. The van der Waals surface area contributed by atoms with E-state index in [1.807, 2.05) is 13.0 Å². The van der Waals surface area contributed by atoms with Gasteiger partial charge in [-0.1, -0.05) is 32.8 Å². The lowest BCUT2D eigenvalue weighted by Crippen LogP contribution is -2.25. The van der Waals surface area contributed by atoms with Crippen molar-refractivity contribution in [1.29, 1.82) is 0 Å². The third-order valence-corrected chi connectivity index (χ3v) is 3.43. The Bertz CT molecular complexity index is 330. The summed E-state index contributed by atoms with van der Waals surface area (Å²) in [5.41, 5.74) is 9.03. The Morgan fingerprint density at radius 1 is 1.25 bits per heavy atom. The molecule has 0 saturated heterocycles. The van der Waals surface area contributed by atoms with Crippen molar-refractivity contribution in [2.24, 2.45) is 5.92 Å². The maximum Gasteiger partial charge on any atom is 0.0364 e. The molecule has 0 aliphatic rings. The maximum atomic E-state index is 5.90. The first-order valence-electron chi connectivity index (χ1n) is 6.21. The molecule has 0 aromatic heterocycles. The van der Waals surface area contributed by atoms with Crippen LogP contribution in [0.15, 0.2) is 18.2 Å². The topological polar surface area (TPSA) is 38.0 Å². The predicted octanol–water partition coefficient (Wildman–Crippen LogP) is 3.81. The van der Waals surface area contributed by atoms with E-state index in [4.69, 9.17) is 5.73 Å². The van der Waals surface area contributed by atoms with Crippen LogP contribution in [0.5, 0.6) is 0 Å². The molecule has 0 saturated carbocycles. The molecular weight excluding hydrogens is 196 g/mol. The van der Waals surface area contributed by atoms with Gasteiger partial charge in [-0.05, 0) is 37.5 Å². The van der Waals surface area contributed by atoms with E-state index < -0.39 is 0 Å². The highest BCUT2D eigenvalue weighted by Gasteiger charge is 2.12. The van der Waals surface area contributed by atoms with Crippen LogP contribution in [-0.2, 0) is 0 Å². The van der Waals surface area contributed by atoms with Crippen molar-refractivity contribution in [3.8, 4) is 0 Å². The average molecular weight is 220 g/mol. The summed E-state index contributed by atoms with van der Waals surface area (Å²) in [5, 5.41) is 3.53. The Morgan fingerprint density at radius 3 is 2.38 bits per heavy atom. The molecule has 0 bridgehead atoms. The van der Waals surface area contributed by atoms with E-state index in [-0.39, 0.29) is 0 Å². The van der Waals surface area contributed by atoms with Crippen molar-refractivity contribution in [3.05, 3.63) is 23.8 Å². The third kappa shape index (κ3) is 3.16. The molecule has 0 spiro atoms. The van der Waals surface area contributed by atoms with Gasteiger partial charge in [0.05, 0.1) is 0 Å². The molecule has 1 aromatic rings. The van der Waals surface area contributed by atoms with Crippen molar-refractivity contribution in [3.63, 3.8) is 0 Å². The molecule has 0 heterocycles. The standard InChI is InChI=1S/C14H24N2/c1-5-12(6-2)11(4)16-13-8-7-10(3)14(15)9-13/h7-9,11-12,16H,5-6,15H2,1-4H3. The molecule has 1 unspecified atom stereocenters. The number of hydrogen-bond acceptors (Lipinski definition) is 2. The van der Waals surface area contributed by atoms with Gasteiger partial charge in [0.15, 0.2) is 0 Å². The van der Waals surface area contributed by atoms with Crippen LogP contribution in [0.25, 0.3) is 0 Å². The maximum absolute atomic E-state index is 5.90. The Morgan fingerprint density at radius 2 is 1.88 bits per heavy atom. The van der Waals surface area contributed by atoms with Gasteiger partial charge in [0.1, 0.15) is 0 Å². The summed E-state index contributed by atoms with van der Waals surface area (Å²) >= 11 is 0. The van der Waals surface area contributed by atoms with Crippen LogP contribution in [-0.4, -0.2) is 6.04 Å². The Labute approximate surface area is 99.2 Å². The number of anilines is 2. The van der Waals surface area contributed by atoms with Gasteiger partial charge in [-0.3, -0.25) is 0 Å². The molecule has 0 radical (unpaired) electrons. The smallest absolute Gasteiger partial charge is 0.0364 e. The molecule has 1 atom stereocenters. The molecule has 3 N–H and O–H groups in total. The van der Waals surface area contributed by atoms with Crippen LogP contribution < -0.4 is 11.1 Å². The van der Waals surface area contributed by atoms with E-state index in [9.17, 15) is 0 Å². The van der Waals surface area contributed by atoms with Gasteiger partial charge in [0.25, 0.3) is 0 Å². The van der Waals surface area contributed by atoms with Crippen LogP contribution in [0.1, 0.15) is 39.2 Å². The average Bonchev–Trinajstić information content (AvgIpc) is 2.25. The summed E-state index contributed by atoms with van der Waals surface area (Å²) in [6.07, 6.45) is 2.43. The van der Waals surface area contributed by atoms with Gasteiger partial charge in [0, 0.05) is 17.4 Å². The van der Waals surface area contributed by atoms with Crippen molar-refractivity contribution in [1.82, 2.24) is 0 Å². The van der Waals surface area contributed by atoms with E-state index >= 15 is 0 Å². The van der Waals surface area contributed by atoms with Gasteiger partial charge >= 0.3 is 0 Å². The van der Waals surface area contributed by atoms with Crippen LogP contribution >= 0.6 is 0 Å². The molecule has 0 fully saturated rings. The van der Waals surface area contributed by atoms with E-state index in [0.29, 0.717) is 6.04 Å². The number of nitrogen functional groups attached to an aromatic ring is 1. The van der Waals surface area contributed by atoms with Gasteiger partial charge in [0.2, 0.25) is 0 Å². The first-order valence-corrected chi connectivity index (χ1v) is 6.21. The Balaban J connectivity index is 2.69. The number of nitrogens with one attached hydrogen (secondary N) is 1. The molecule has 90 valence electrons. The second kappa shape index (κ2) is 5.78. The van der Waals surface area contributed by atoms with Crippen LogP contribution in [0, 0.1) is 12.8 Å². The lowest BCUT2D eigenvalue weighted by atomic mass is 9.95. The molecule has 1 rings (SSSR count). The van der Waals surface area contributed by atoms with E-state index in [1.54, 1.807) is 0 Å². The number of hydrogen-bond donors (Lipinski definition) is 2. The van der Waals surface area contributed by atoms with Crippen molar-refractivity contribution >= 4 is 11.4 Å². The fraction of sp³-hybridized carbons (Fsp3) is 0.571.